The summed E-state index contributed by atoms with van der Waals surface area (Å²) in [5.41, 5.74) is 2.48. The Morgan fingerprint density at radius 1 is 1.21 bits per heavy atom. The van der Waals surface area contributed by atoms with Crippen LogP contribution in [0.4, 0.5) is 0 Å². The molecule has 6 heteroatoms. The zero-order valence-electron chi connectivity index (χ0n) is 16.0. The molecule has 0 radical (unpaired) electrons. The SMILES string of the molecule is C=CCOc1cc(CNCC2CCNC2)cc(OCc2cncc(C#N)c2)c1. The number of benzene rings is 1. The third-order valence-corrected chi connectivity index (χ3v) is 4.56. The molecule has 0 bridgehead atoms. The Bertz CT molecular complexity index is 826. The van der Waals surface area contributed by atoms with Gasteiger partial charge in [-0.1, -0.05) is 12.7 Å². The molecule has 146 valence electrons. The number of nitrogens with one attached hydrogen (secondary N) is 2. The lowest BCUT2D eigenvalue weighted by atomic mass is 10.1. The fourth-order valence-corrected chi connectivity index (χ4v) is 3.16. The van der Waals surface area contributed by atoms with Crippen LogP contribution in [0.2, 0.25) is 0 Å². The van der Waals surface area contributed by atoms with E-state index in [1.54, 1.807) is 18.3 Å². The predicted octanol–water partition coefficient (Wildman–Crippen LogP) is 2.80. The Morgan fingerprint density at radius 2 is 2.07 bits per heavy atom. The van der Waals surface area contributed by atoms with Crippen LogP contribution in [0.1, 0.15) is 23.1 Å². The normalized spacial score (nSPS) is 15.8. The monoisotopic (exact) mass is 378 g/mol. The first-order chi connectivity index (χ1) is 13.8. The molecule has 1 saturated heterocycles. The van der Waals surface area contributed by atoms with Gasteiger partial charge in [-0.2, -0.15) is 5.26 Å². The predicted molar refractivity (Wildman–Crippen MR) is 108 cm³/mol. The average Bonchev–Trinajstić information content (AvgIpc) is 3.24. The number of nitrogens with zero attached hydrogens (tertiary/aromatic N) is 2. The Hall–Kier alpha value is -2.88. The summed E-state index contributed by atoms with van der Waals surface area (Å²) in [6.45, 7) is 8.42. The quantitative estimate of drug-likeness (QED) is 0.619. The maximum Gasteiger partial charge on any atom is 0.123 e. The lowest BCUT2D eigenvalue weighted by molar-refractivity contribution is 0.300. The summed E-state index contributed by atoms with van der Waals surface area (Å²) in [7, 11) is 0. The molecule has 3 rings (SSSR count). The first-order valence-corrected chi connectivity index (χ1v) is 9.52. The van der Waals surface area contributed by atoms with E-state index in [1.165, 1.54) is 12.6 Å². The highest BCUT2D eigenvalue weighted by atomic mass is 16.5. The number of ether oxygens (including phenoxy) is 2. The molecule has 2 heterocycles. The lowest BCUT2D eigenvalue weighted by Gasteiger charge is -2.14. The summed E-state index contributed by atoms with van der Waals surface area (Å²) < 4.78 is 11.7. The fourth-order valence-electron chi connectivity index (χ4n) is 3.16. The molecule has 1 aromatic carbocycles. The van der Waals surface area contributed by atoms with Gasteiger partial charge >= 0.3 is 0 Å². The third kappa shape index (κ3) is 6.08. The molecule has 0 spiro atoms. The van der Waals surface area contributed by atoms with Crippen LogP contribution in [0.3, 0.4) is 0 Å². The van der Waals surface area contributed by atoms with Crippen molar-refractivity contribution in [2.75, 3.05) is 26.2 Å². The van der Waals surface area contributed by atoms with Gasteiger partial charge in [0.1, 0.15) is 30.8 Å². The Morgan fingerprint density at radius 3 is 2.82 bits per heavy atom. The molecule has 1 unspecified atom stereocenters. The number of nitriles is 1. The van der Waals surface area contributed by atoms with Crippen LogP contribution in [0, 0.1) is 17.2 Å². The molecular weight excluding hydrogens is 352 g/mol. The smallest absolute Gasteiger partial charge is 0.123 e. The van der Waals surface area contributed by atoms with E-state index in [4.69, 9.17) is 14.7 Å². The van der Waals surface area contributed by atoms with Gasteiger partial charge in [-0.25, -0.2) is 0 Å². The van der Waals surface area contributed by atoms with Gasteiger partial charge in [0.25, 0.3) is 0 Å². The van der Waals surface area contributed by atoms with E-state index in [2.05, 4.69) is 28.3 Å². The van der Waals surface area contributed by atoms with Gasteiger partial charge < -0.3 is 20.1 Å². The second kappa shape index (κ2) is 10.5. The van der Waals surface area contributed by atoms with Crippen LogP contribution < -0.4 is 20.1 Å². The van der Waals surface area contributed by atoms with Crippen molar-refractivity contribution >= 4 is 0 Å². The van der Waals surface area contributed by atoms with Crippen LogP contribution in [0.15, 0.2) is 49.3 Å². The van der Waals surface area contributed by atoms with Crippen molar-refractivity contribution in [3.8, 4) is 17.6 Å². The van der Waals surface area contributed by atoms with E-state index in [1.807, 2.05) is 18.2 Å². The molecule has 0 amide bonds. The second-order valence-electron chi connectivity index (χ2n) is 6.88. The fraction of sp³-hybridized carbons (Fsp3) is 0.364. The molecule has 0 aliphatic carbocycles. The van der Waals surface area contributed by atoms with E-state index in [-0.39, 0.29) is 0 Å². The minimum absolute atomic E-state index is 0.341. The van der Waals surface area contributed by atoms with Crippen molar-refractivity contribution in [3.05, 3.63) is 66.0 Å². The summed E-state index contributed by atoms with van der Waals surface area (Å²) in [4.78, 5) is 4.07. The van der Waals surface area contributed by atoms with E-state index < -0.39 is 0 Å². The number of aromatic nitrogens is 1. The molecule has 1 atom stereocenters. The van der Waals surface area contributed by atoms with Gasteiger partial charge in [-0.3, -0.25) is 4.98 Å². The van der Waals surface area contributed by atoms with Crippen LogP contribution in [-0.4, -0.2) is 31.2 Å². The van der Waals surface area contributed by atoms with E-state index in [0.717, 1.165) is 48.8 Å². The summed E-state index contributed by atoms with van der Waals surface area (Å²) in [6.07, 6.45) is 6.19. The van der Waals surface area contributed by atoms with Gasteiger partial charge in [-0.05, 0) is 55.7 Å². The first-order valence-electron chi connectivity index (χ1n) is 9.52. The zero-order valence-corrected chi connectivity index (χ0v) is 16.0. The number of hydrogen-bond donors (Lipinski definition) is 2. The highest BCUT2D eigenvalue weighted by Crippen LogP contribution is 2.24. The summed E-state index contributed by atoms with van der Waals surface area (Å²) >= 11 is 0. The van der Waals surface area contributed by atoms with Crippen LogP contribution in [0.25, 0.3) is 0 Å². The Kier molecular flexibility index (Phi) is 7.42. The zero-order chi connectivity index (χ0) is 19.6. The summed E-state index contributed by atoms with van der Waals surface area (Å²) in [5.74, 6) is 2.17. The van der Waals surface area contributed by atoms with Crippen molar-refractivity contribution in [3.63, 3.8) is 0 Å². The largest absolute Gasteiger partial charge is 0.489 e. The van der Waals surface area contributed by atoms with E-state index >= 15 is 0 Å². The number of pyridine rings is 1. The van der Waals surface area contributed by atoms with Crippen LogP contribution >= 0.6 is 0 Å². The number of hydrogen-bond acceptors (Lipinski definition) is 6. The van der Waals surface area contributed by atoms with Gasteiger partial charge in [0.05, 0.1) is 5.56 Å². The average molecular weight is 378 g/mol. The van der Waals surface area contributed by atoms with Gasteiger partial charge in [0, 0.05) is 30.6 Å². The second-order valence-corrected chi connectivity index (χ2v) is 6.88. The molecule has 1 aliphatic heterocycles. The molecule has 2 N–H and O–H groups in total. The number of rotatable bonds is 10. The highest BCUT2D eigenvalue weighted by molar-refractivity contribution is 5.39. The highest BCUT2D eigenvalue weighted by Gasteiger charge is 2.13. The molecule has 28 heavy (non-hydrogen) atoms. The molecule has 2 aromatic rings. The van der Waals surface area contributed by atoms with Crippen molar-refractivity contribution in [1.29, 1.82) is 5.26 Å². The molecule has 1 aliphatic rings. The summed E-state index contributed by atoms with van der Waals surface area (Å²) in [5, 5.41) is 15.9. The standard InChI is InChI=1S/C22H26N4O2/c1-2-5-27-21-7-18(13-25-12-17-3-4-24-11-17)8-22(9-21)28-16-20-6-19(10-23)14-26-15-20/h2,6-9,14-15,17,24-25H,1,3-5,11-13,16H2. The molecule has 1 fully saturated rings. The Balaban J connectivity index is 1.63. The summed E-state index contributed by atoms with van der Waals surface area (Å²) in [6, 6.07) is 9.78. The maximum atomic E-state index is 9.00. The third-order valence-electron chi connectivity index (χ3n) is 4.56. The lowest BCUT2D eigenvalue weighted by Crippen LogP contribution is -2.24. The van der Waals surface area contributed by atoms with Crippen molar-refractivity contribution in [1.82, 2.24) is 15.6 Å². The maximum absolute atomic E-state index is 9.00. The van der Waals surface area contributed by atoms with Gasteiger partial charge in [0.2, 0.25) is 0 Å². The van der Waals surface area contributed by atoms with E-state index in [9.17, 15) is 0 Å². The van der Waals surface area contributed by atoms with Crippen LogP contribution in [0.5, 0.6) is 11.5 Å². The van der Waals surface area contributed by atoms with Crippen molar-refractivity contribution < 1.29 is 9.47 Å². The van der Waals surface area contributed by atoms with Gasteiger partial charge in [-0.15, -0.1) is 0 Å². The topological polar surface area (TPSA) is 79.2 Å². The molecule has 6 nitrogen and oxygen atoms in total. The minimum Gasteiger partial charge on any atom is -0.489 e. The van der Waals surface area contributed by atoms with Gasteiger partial charge in [0.15, 0.2) is 0 Å². The first kappa shape index (κ1) is 19.9. The molecular formula is C22H26N4O2. The Labute approximate surface area is 166 Å². The van der Waals surface area contributed by atoms with Crippen molar-refractivity contribution in [2.45, 2.75) is 19.6 Å². The van der Waals surface area contributed by atoms with Crippen molar-refractivity contribution in [2.24, 2.45) is 5.92 Å². The molecule has 0 saturated carbocycles. The minimum atomic E-state index is 0.341. The van der Waals surface area contributed by atoms with Crippen LogP contribution in [-0.2, 0) is 13.2 Å². The molecule has 1 aromatic heterocycles. The van der Waals surface area contributed by atoms with E-state index in [0.29, 0.717) is 24.7 Å².